The average molecular weight is 354 g/mol. The lowest BCUT2D eigenvalue weighted by molar-refractivity contribution is -0.237. The number of aryl methyl sites for hydroxylation is 1. The predicted octanol–water partition coefficient (Wildman–Crippen LogP) is 3.14. The van der Waals surface area contributed by atoms with E-state index in [4.69, 9.17) is 9.47 Å². The van der Waals surface area contributed by atoms with Gasteiger partial charge in [0.2, 0.25) is 0 Å². The van der Waals surface area contributed by atoms with Crippen LogP contribution in [-0.4, -0.2) is 17.7 Å². The normalized spacial score (nSPS) is 18.5. The number of esters is 2. The third-order valence-electron chi connectivity index (χ3n) is 2.85. The summed E-state index contributed by atoms with van der Waals surface area (Å²) >= 11 is 3.42. The minimum atomic E-state index is -1.20. The molecule has 1 fully saturated rings. The Labute approximate surface area is 131 Å². The fourth-order valence-corrected chi connectivity index (χ4v) is 2.23. The van der Waals surface area contributed by atoms with Crippen LogP contribution in [0.25, 0.3) is 0 Å². The van der Waals surface area contributed by atoms with Crippen LogP contribution in [0, 0.1) is 12.8 Å². The van der Waals surface area contributed by atoms with Gasteiger partial charge in [-0.05, 0) is 52.8 Å². The van der Waals surface area contributed by atoms with E-state index >= 15 is 0 Å². The number of halogens is 1. The number of hydrogen-bond acceptors (Lipinski definition) is 5. The summed E-state index contributed by atoms with van der Waals surface area (Å²) in [7, 11) is 0. The molecule has 0 radical (unpaired) electrons. The van der Waals surface area contributed by atoms with E-state index in [1.54, 1.807) is 0 Å². The Morgan fingerprint density at radius 2 is 1.86 bits per heavy atom. The molecule has 1 saturated heterocycles. The Kier molecular flexibility index (Phi) is 4.37. The number of cyclic esters (lactones) is 2. The summed E-state index contributed by atoms with van der Waals surface area (Å²) in [6, 6.07) is 5.82. The smallest absolute Gasteiger partial charge is 0.327 e. The minimum Gasteiger partial charge on any atom is -0.422 e. The molecule has 1 N–H and O–H groups in total. The van der Waals surface area contributed by atoms with Crippen LogP contribution in [-0.2, 0) is 19.1 Å². The zero-order valence-electron chi connectivity index (χ0n) is 12.0. The molecule has 6 heteroatoms. The molecule has 0 atom stereocenters. The van der Waals surface area contributed by atoms with Crippen LogP contribution in [0.2, 0.25) is 0 Å². The van der Waals surface area contributed by atoms with Crippen molar-refractivity contribution in [1.82, 2.24) is 0 Å². The summed E-state index contributed by atoms with van der Waals surface area (Å²) in [5.74, 6) is -3.48. The summed E-state index contributed by atoms with van der Waals surface area (Å²) in [5.41, 5.74) is 1.93. The second kappa shape index (κ2) is 5.89. The van der Waals surface area contributed by atoms with Crippen molar-refractivity contribution in [2.45, 2.75) is 26.6 Å². The van der Waals surface area contributed by atoms with Gasteiger partial charge in [0, 0.05) is 18.3 Å². The number of carbonyl (C=O) groups excluding carboxylic acids is 2. The van der Waals surface area contributed by atoms with E-state index in [2.05, 4.69) is 21.2 Å². The number of hydrogen-bond donors (Lipinski definition) is 1. The van der Waals surface area contributed by atoms with Gasteiger partial charge in [-0.3, -0.25) is 9.59 Å². The molecule has 1 aliphatic rings. The molecule has 0 aromatic heterocycles. The molecule has 1 aromatic carbocycles. The highest BCUT2D eigenvalue weighted by atomic mass is 79.9. The molecule has 5 nitrogen and oxygen atoms in total. The van der Waals surface area contributed by atoms with Gasteiger partial charge in [0.05, 0.1) is 5.69 Å². The van der Waals surface area contributed by atoms with Crippen molar-refractivity contribution < 1.29 is 19.1 Å². The quantitative estimate of drug-likeness (QED) is 0.667. The molecule has 0 unspecified atom stereocenters. The summed E-state index contributed by atoms with van der Waals surface area (Å²) in [6.07, 6.45) is 2.96. The van der Waals surface area contributed by atoms with Crippen LogP contribution in [0.3, 0.4) is 0 Å². The molecular weight excluding hydrogens is 338 g/mol. The maximum Gasteiger partial charge on any atom is 0.327 e. The molecule has 112 valence electrons. The fraction of sp³-hybridized carbons (Fsp3) is 0.333. The van der Waals surface area contributed by atoms with Crippen LogP contribution < -0.4 is 5.32 Å². The summed E-state index contributed by atoms with van der Waals surface area (Å²) in [5, 5.41) is 3.02. The van der Waals surface area contributed by atoms with Gasteiger partial charge in [-0.25, -0.2) is 0 Å². The number of anilines is 1. The highest BCUT2D eigenvalue weighted by Crippen LogP contribution is 2.25. The van der Waals surface area contributed by atoms with Crippen LogP contribution in [0.5, 0.6) is 0 Å². The number of benzene rings is 1. The largest absolute Gasteiger partial charge is 0.422 e. The zero-order chi connectivity index (χ0) is 15.6. The van der Waals surface area contributed by atoms with Crippen LogP contribution in [0.1, 0.15) is 19.4 Å². The minimum absolute atomic E-state index is 0.613. The molecule has 0 spiro atoms. The van der Waals surface area contributed by atoms with Crippen molar-refractivity contribution in [2.24, 2.45) is 5.92 Å². The van der Waals surface area contributed by atoms with Gasteiger partial charge in [0.25, 0.3) is 5.79 Å². The molecule has 1 aliphatic heterocycles. The third kappa shape index (κ3) is 3.85. The second-order valence-electron chi connectivity index (χ2n) is 5.21. The third-order valence-corrected chi connectivity index (χ3v) is 3.54. The van der Waals surface area contributed by atoms with Crippen molar-refractivity contribution in [1.29, 1.82) is 0 Å². The first-order valence-electron chi connectivity index (χ1n) is 6.43. The van der Waals surface area contributed by atoms with Crippen molar-refractivity contribution in [3.8, 4) is 0 Å². The Hall–Kier alpha value is -1.82. The first-order chi connectivity index (χ1) is 9.78. The molecular formula is C15H16BrNO4. The number of rotatable bonds is 3. The van der Waals surface area contributed by atoms with Crippen molar-refractivity contribution >= 4 is 33.6 Å². The van der Waals surface area contributed by atoms with Gasteiger partial charge >= 0.3 is 11.9 Å². The fourth-order valence-electron chi connectivity index (χ4n) is 1.87. The Morgan fingerprint density at radius 3 is 2.48 bits per heavy atom. The second-order valence-corrected chi connectivity index (χ2v) is 6.06. The summed E-state index contributed by atoms with van der Waals surface area (Å²) in [4.78, 5) is 23.5. The Morgan fingerprint density at radius 1 is 1.24 bits per heavy atom. The molecule has 21 heavy (non-hydrogen) atoms. The standard InChI is InChI=1S/C15H16BrNO4/c1-9-4-5-11(16)12(8-9)17-7-6-10-13(18)20-15(2,3)21-14(10)19/h4-8,10,17H,1-3H3/b7-6+. The van der Waals surface area contributed by atoms with E-state index in [1.807, 2.05) is 25.1 Å². The summed E-state index contributed by atoms with van der Waals surface area (Å²) < 4.78 is 10.9. The average Bonchev–Trinajstić information content (AvgIpc) is 2.35. The van der Waals surface area contributed by atoms with Crippen LogP contribution in [0.15, 0.2) is 34.9 Å². The topological polar surface area (TPSA) is 64.6 Å². The van der Waals surface area contributed by atoms with E-state index in [1.165, 1.54) is 26.1 Å². The molecule has 0 saturated carbocycles. The van der Waals surface area contributed by atoms with E-state index in [0.717, 1.165) is 15.7 Å². The monoisotopic (exact) mass is 353 g/mol. The summed E-state index contributed by atoms with van der Waals surface area (Å²) in [6.45, 7) is 5.01. The molecule has 2 rings (SSSR count). The van der Waals surface area contributed by atoms with Crippen molar-refractivity contribution in [3.63, 3.8) is 0 Å². The lowest BCUT2D eigenvalue weighted by Crippen LogP contribution is -2.45. The molecule has 0 aliphatic carbocycles. The van der Waals surface area contributed by atoms with E-state index in [0.29, 0.717) is 0 Å². The number of ether oxygens (including phenoxy) is 2. The highest BCUT2D eigenvalue weighted by Gasteiger charge is 2.41. The maximum atomic E-state index is 11.8. The number of carbonyl (C=O) groups is 2. The van der Waals surface area contributed by atoms with Gasteiger partial charge < -0.3 is 14.8 Å². The van der Waals surface area contributed by atoms with Crippen LogP contribution >= 0.6 is 15.9 Å². The van der Waals surface area contributed by atoms with Gasteiger partial charge in [-0.2, -0.15) is 0 Å². The molecule has 0 amide bonds. The number of nitrogens with one attached hydrogen (secondary N) is 1. The van der Waals surface area contributed by atoms with Gasteiger partial charge in [0.1, 0.15) is 0 Å². The zero-order valence-corrected chi connectivity index (χ0v) is 13.6. The van der Waals surface area contributed by atoms with E-state index in [-0.39, 0.29) is 0 Å². The first kappa shape index (κ1) is 15.6. The maximum absolute atomic E-state index is 11.8. The highest BCUT2D eigenvalue weighted by molar-refractivity contribution is 9.10. The van der Waals surface area contributed by atoms with Gasteiger partial charge in [0.15, 0.2) is 5.92 Å². The van der Waals surface area contributed by atoms with Crippen LogP contribution in [0.4, 0.5) is 5.69 Å². The van der Waals surface area contributed by atoms with E-state index < -0.39 is 23.6 Å². The SMILES string of the molecule is Cc1ccc(Br)c(N/C=C/C2C(=O)OC(C)(C)OC2=O)c1. The van der Waals surface area contributed by atoms with Crippen molar-refractivity contribution in [3.05, 3.63) is 40.5 Å². The Balaban J connectivity index is 2.06. The molecule has 1 heterocycles. The van der Waals surface area contributed by atoms with Gasteiger partial charge in [-0.1, -0.05) is 6.07 Å². The lowest BCUT2D eigenvalue weighted by Gasteiger charge is -2.31. The van der Waals surface area contributed by atoms with Gasteiger partial charge in [-0.15, -0.1) is 0 Å². The van der Waals surface area contributed by atoms with Crippen molar-refractivity contribution in [2.75, 3.05) is 5.32 Å². The predicted molar refractivity (Wildman–Crippen MR) is 81.4 cm³/mol. The first-order valence-corrected chi connectivity index (χ1v) is 7.23. The Bertz CT molecular complexity index is 590. The molecule has 1 aromatic rings. The molecule has 0 bridgehead atoms. The lowest BCUT2D eigenvalue weighted by atomic mass is 10.1. The van der Waals surface area contributed by atoms with E-state index in [9.17, 15) is 9.59 Å².